The lowest BCUT2D eigenvalue weighted by molar-refractivity contribution is -0.152. The van der Waals surface area contributed by atoms with Gasteiger partial charge in [0.1, 0.15) is 11.5 Å². The summed E-state index contributed by atoms with van der Waals surface area (Å²) in [6.45, 7) is 7.74. The highest BCUT2D eigenvalue weighted by atomic mass is 16.5. The van der Waals surface area contributed by atoms with E-state index in [1.165, 1.54) is 0 Å². The average Bonchev–Trinajstić information content (AvgIpc) is 2.67. The van der Waals surface area contributed by atoms with E-state index in [-0.39, 0.29) is 11.9 Å². The topological polar surface area (TPSA) is 52.6 Å². The zero-order chi connectivity index (χ0) is 20.3. The molecule has 0 amide bonds. The molecule has 0 saturated heterocycles. The van der Waals surface area contributed by atoms with Crippen molar-refractivity contribution in [3.8, 4) is 11.5 Å². The Labute approximate surface area is 166 Å². The molecule has 0 bridgehead atoms. The molecule has 28 heavy (non-hydrogen) atoms. The Bertz CT molecular complexity index is 811. The van der Waals surface area contributed by atoms with E-state index >= 15 is 0 Å². The molecule has 2 aromatic rings. The summed E-state index contributed by atoms with van der Waals surface area (Å²) in [5.74, 6) is -0.473. The number of hydrogen-bond acceptors (Lipinski definition) is 4. The SMILES string of the molecule is Cc1ccc(C)c(OC(=O)C2CCCCC2C(=O)Oc2cc(C)ccc2C)c1. The lowest BCUT2D eigenvalue weighted by atomic mass is 9.79. The van der Waals surface area contributed by atoms with Gasteiger partial charge in [-0.2, -0.15) is 0 Å². The third kappa shape index (κ3) is 4.61. The standard InChI is InChI=1S/C24H28O4/c1-15-9-11-17(3)21(13-15)27-23(25)19-7-5-6-8-20(19)24(26)28-22-14-16(2)10-12-18(22)4/h9-14,19-20H,5-8H2,1-4H3. The summed E-state index contributed by atoms with van der Waals surface area (Å²) < 4.78 is 11.4. The molecule has 148 valence electrons. The number of ether oxygens (including phenoxy) is 2. The van der Waals surface area contributed by atoms with Gasteiger partial charge in [-0.25, -0.2) is 0 Å². The van der Waals surface area contributed by atoms with Crippen LogP contribution in [0.2, 0.25) is 0 Å². The van der Waals surface area contributed by atoms with E-state index in [2.05, 4.69) is 0 Å². The van der Waals surface area contributed by atoms with Gasteiger partial charge < -0.3 is 9.47 Å². The fraction of sp³-hybridized carbons (Fsp3) is 0.417. The summed E-state index contributed by atoms with van der Waals surface area (Å²) >= 11 is 0. The van der Waals surface area contributed by atoms with Crippen LogP contribution in [0.3, 0.4) is 0 Å². The summed E-state index contributed by atoms with van der Waals surface area (Å²) in [6, 6.07) is 11.6. The third-order valence-electron chi connectivity index (χ3n) is 5.48. The van der Waals surface area contributed by atoms with Gasteiger partial charge in [0.15, 0.2) is 0 Å². The smallest absolute Gasteiger partial charge is 0.315 e. The Morgan fingerprint density at radius 1 is 0.714 bits per heavy atom. The van der Waals surface area contributed by atoms with Crippen LogP contribution in [0, 0.1) is 39.5 Å². The number of rotatable bonds is 4. The molecular weight excluding hydrogens is 352 g/mol. The average molecular weight is 380 g/mol. The minimum Gasteiger partial charge on any atom is -0.426 e. The van der Waals surface area contributed by atoms with Gasteiger partial charge in [-0.3, -0.25) is 9.59 Å². The highest BCUT2D eigenvalue weighted by molar-refractivity contribution is 5.84. The van der Waals surface area contributed by atoms with Crippen LogP contribution in [0.15, 0.2) is 36.4 Å². The van der Waals surface area contributed by atoms with E-state index in [4.69, 9.17) is 9.47 Å². The van der Waals surface area contributed by atoms with E-state index < -0.39 is 11.8 Å². The Morgan fingerprint density at radius 2 is 1.11 bits per heavy atom. The van der Waals surface area contributed by atoms with Gasteiger partial charge in [0.25, 0.3) is 0 Å². The van der Waals surface area contributed by atoms with Crippen molar-refractivity contribution in [2.24, 2.45) is 11.8 Å². The first-order chi connectivity index (χ1) is 13.3. The zero-order valence-electron chi connectivity index (χ0n) is 17.1. The fourth-order valence-electron chi connectivity index (χ4n) is 3.70. The highest BCUT2D eigenvalue weighted by Gasteiger charge is 2.38. The second-order valence-electron chi connectivity index (χ2n) is 7.88. The molecule has 2 atom stereocenters. The third-order valence-corrected chi connectivity index (χ3v) is 5.48. The zero-order valence-corrected chi connectivity index (χ0v) is 17.1. The van der Waals surface area contributed by atoms with Gasteiger partial charge in [0.05, 0.1) is 11.8 Å². The first kappa shape index (κ1) is 20.1. The fourth-order valence-corrected chi connectivity index (χ4v) is 3.70. The number of esters is 2. The van der Waals surface area contributed by atoms with Crippen LogP contribution >= 0.6 is 0 Å². The molecule has 2 unspecified atom stereocenters. The van der Waals surface area contributed by atoms with Crippen molar-refractivity contribution in [2.45, 2.75) is 53.4 Å². The molecule has 4 heteroatoms. The molecule has 4 nitrogen and oxygen atoms in total. The number of hydrogen-bond donors (Lipinski definition) is 0. The maximum absolute atomic E-state index is 12.9. The molecule has 3 rings (SSSR count). The van der Waals surface area contributed by atoms with E-state index in [9.17, 15) is 9.59 Å². The van der Waals surface area contributed by atoms with Gasteiger partial charge in [-0.1, -0.05) is 37.1 Å². The molecular formula is C24H28O4. The van der Waals surface area contributed by atoms with Crippen molar-refractivity contribution in [1.29, 1.82) is 0 Å². The summed E-state index contributed by atoms with van der Waals surface area (Å²) in [7, 11) is 0. The summed E-state index contributed by atoms with van der Waals surface area (Å²) in [5.41, 5.74) is 3.87. The van der Waals surface area contributed by atoms with Crippen LogP contribution in [-0.4, -0.2) is 11.9 Å². The molecule has 1 fully saturated rings. The number of benzene rings is 2. The summed E-state index contributed by atoms with van der Waals surface area (Å²) in [5, 5.41) is 0. The van der Waals surface area contributed by atoms with E-state index in [0.29, 0.717) is 24.3 Å². The quantitative estimate of drug-likeness (QED) is 0.538. The van der Waals surface area contributed by atoms with Gasteiger partial charge >= 0.3 is 11.9 Å². The predicted molar refractivity (Wildman–Crippen MR) is 109 cm³/mol. The van der Waals surface area contributed by atoms with Gasteiger partial charge in [-0.05, 0) is 74.9 Å². The minimum atomic E-state index is -0.466. The van der Waals surface area contributed by atoms with Crippen molar-refractivity contribution in [2.75, 3.05) is 0 Å². The highest BCUT2D eigenvalue weighted by Crippen LogP contribution is 2.34. The van der Waals surface area contributed by atoms with Crippen LogP contribution in [0.25, 0.3) is 0 Å². The molecule has 0 aliphatic heterocycles. The van der Waals surface area contributed by atoms with Gasteiger partial charge in [-0.15, -0.1) is 0 Å². The minimum absolute atomic E-state index is 0.337. The Hall–Kier alpha value is -2.62. The van der Waals surface area contributed by atoms with Crippen LogP contribution in [0.5, 0.6) is 11.5 Å². The van der Waals surface area contributed by atoms with Crippen LogP contribution in [0.4, 0.5) is 0 Å². The van der Waals surface area contributed by atoms with Gasteiger partial charge in [0, 0.05) is 0 Å². The molecule has 0 N–H and O–H groups in total. The molecule has 1 saturated carbocycles. The van der Waals surface area contributed by atoms with Crippen molar-refractivity contribution < 1.29 is 19.1 Å². The molecule has 0 heterocycles. The van der Waals surface area contributed by atoms with Crippen molar-refractivity contribution in [3.63, 3.8) is 0 Å². The van der Waals surface area contributed by atoms with Crippen LogP contribution in [0.1, 0.15) is 47.9 Å². The van der Waals surface area contributed by atoms with Crippen LogP contribution in [-0.2, 0) is 9.59 Å². The second-order valence-corrected chi connectivity index (χ2v) is 7.88. The Morgan fingerprint density at radius 3 is 1.50 bits per heavy atom. The molecule has 0 radical (unpaired) electrons. The summed E-state index contributed by atoms with van der Waals surface area (Å²) in [6.07, 6.45) is 3.13. The second kappa shape index (κ2) is 8.59. The van der Waals surface area contributed by atoms with Crippen molar-refractivity contribution in [3.05, 3.63) is 58.7 Å². The van der Waals surface area contributed by atoms with E-state index in [0.717, 1.165) is 35.1 Å². The van der Waals surface area contributed by atoms with Crippen LogP contribution < -0.4 is 9.47 Å². The number of carbonyl (C=O) groups excluding carboxylic acids is 2. The molecule has 1 aliphatic rings. The molecule has 2 aromatic carbocycles. The lowest BCUT2D eigenvalue weighted by Crippen LogP contribution is -2.37. The first-order valence-electron chi connectivity index (χ1n) is 9.93. The number of aryl methyl sites for hydroxylation is 4. The maximum Gasteiger partial charge on any atom is 0.315 e. The molecule has 1 aliphatic carbocycles. The Kier molecular flexibility index (Phi) is 6.18. The monoisotopic (exact) mass is 380 g/mol. The molecule has 0 spiro atoms. The first-order valence-corrected chi connectivity index (χ1v) is 9.93. The normalized spacial score (nSPS) is 19.1. The molecule has 0 aromatic heterocycles. The number of carbonyl (C=O) groups is 2. The summed E-state index contributed by atoms with van der Waals surface area (Å²) in [4.78, 5) is 25.8. The predicted octanol–water partition coefficient (Wildman–Crippen LogP) is 5.24. The lowest BCUT2D eigenvalue weighted by Gasteiger charge is -2.28. The van der Waals surface area contributed by atoms with Crippen molar-refractivity contribution in [1.82, 2.24) is 0 Å². The van der Waals surface area contributed by atoms with Crippen molar-refractivity contribution >= 4 is 11.9 Å². The Balaban J connectivity index is 1.75. The van der Waals surface area contributed by atoms with E-state index in [1.54, 1.807) is 0 Å². The van der Waals surface area contributed by atoms with Gasteiger partial charge in [0.2, 0.25) is 0 Å². The largest absolute Gasteiger partial charge is 0.426 e. The maximum atomic E-state index is 12.9. The van der Waals surface area contributed by atoms with E-state index in [1.807, 2.05) is 64.1 Å².